The van der Waals surface area contributed by atoms with Crippen LogP contribution in [0, 0.1) is 5.41 Å². The molecule has 0 saturated carbocycles. The molecule has 0 amide bonds. The second-order valence-electron chi connectivity index (χ2n) is 11.1. The van der Waals surface area contributed by atoms with E-state index in [2.05, 4.69) is 20.0 Å². The fraction of sp³-hybridized carbons (Fsp3) is 0.720. The first kappa shape index (κ1) is 36.7. The number of alkyl halides is 2. The topological polar surface area (TPSA) is 199 Å². The van der Waals surface area contributed by atoms with Gasteiger partial charge in [0.1, 0.15) is 18.2 Å². The van der Waals surface area contributed by atoms with E-state index in [1.807, 2.05) is 0 Å². The molecule has 0 aromatic carbocycles. The molecule has 2 aromatic heterocycles. The molecule has 248 valence electrons. The van der Waals surface area contributed by atoms with Gasteiger partial charge in [0.25, 0.3) is 0 Å². The molecule has 1 fully saturated rings. The SMILES string of the molecule is CCOc1nc(N)nc2c1ncn2[C@@H]1O[C@H](CO[P@](=O)(N[C@H](C)C(=O)OC(C)C)OCCSC(=O)C(C)(C)C)[C@@H](O)C1(Cl)Cl. The van der Waals surface area contributed by atoms with Gasteiger partial charge < -0.3 is 25.1 Å². The van der Waals surface area contributed by atoms with Gasteiger partial charge in [-0.05, 0) is 27.7 Å². The zero-order chi connectivity index (χ0) is 33.0. The van der Waals surface area contributed by atoms with Gasteiger partial charge in [-0.25, -0.2) is 14.6 Å². The number of rotatable bonds is 14. The first-order chi connectivity index (χ1) is 20.4. The average molecular weight is 702 g/mol. The Morgan fingerprint density at radius 3 is 2.57 bits per heavy atom. The zero-order valence-corrected chi connectivity index (χ0v) is 28.7. The Bertz CT molecular complexity index is 1380. The van der Waals surface area contributed by atoms with Gasteiger partial charge in [-0.1, -0.05) is 55.7 Å². The molecule has 44 heavy (non-hydrogen) atoms. The van der Waals surface area contributed by atoms with Crippen molar-refractivity contribution in [1.82, 2.24) is 24.6 Å². The summed E-state index contributed by atoms with van der Waals surface area (Å²) in [5.41, 5.74) is 5.71. The zero-order valence-electron chi connectivity index (χ0n) is 25.5. The van der Waals surface area contributed by atoms with E-state index in [1.165, 1.54) is 17.8 Å². The van der Waals surface area contributed by atoms with Crippen LogP contribution in [0.3, 0.4) is 0 Å². The highest BCUT2D eigenvalue weighted by Gasteiger charge is 2.56. The van der Waals surface area contributed by atoms with Crippen LogP contribution in [0.4, 0.5) is 5.95 Å². The van der Waals surface area contributed by atoms with Crippen LogP contribution in [-0.2, 0) is 32.7 Å². The van der Waals surface area contributed by atoms with Crippen molar-refractivity contribution < 1.29 is 42.5 Å². The van der Waals surface area contributed by atoms with Crippen LogP contribution in [0.15, 0.2) is 6.33 Å². The number of ether oxygens (including phenoxy) is 3. The quantitative estimate of drug-likeness (QED) is 0.112. The predicted octanol–water partition coefficient (Wildman–Crippen LogP) is 3.62. The standard InChI is InChI=1S/C25H39Cl2N6O9PS/c1-8-38-19-16-18(30-23(28)31-19)33(12-29-16)21-25(26,27)17(34)15(42-21)11-40-43(37,32-14(4)20(35)41-13(2)3)39-9-10-44-22(36)24(5,6)7/h12-15,17,21,34H,8-11H2,1-7H3,(H,32,37)(H2,28,30,31)/t14-,15-,17-,21-,43+/m1/s1. The minimum atomic E-state index is -4.26. The number of anilines is 1. The number of carbonyl (C=O) groups is 2. The molecule has 0 spiro atoms. The van der Waals surface area contributed by atoms with Crippen LogP contribution in [0.1, 0.15) is 54.7 Å². The highest BCUT2D eigenvalue weighted by molar-refractivity contribution is 8.13. The van der Waals surface area contributed by atoms with Gasteiger partial charge in [-0.3, -0.25) is 23.2 Å². The van der Waals surface area contributed by atoms with Crippen LogP contribution in [0.5, 0.6) is 5.88 Å². The lowest BCUT2D eigenvalue weighted by atomic mass is 10.00. The molecule has 0 aliphatic carbocycles. The fourth-order valence-corrected chi connectivity index (χ4v) is 6.82. The van der Waals surface area contributed by atoms with Crippen LogP contribution in [0.25, 0.3) is 11.2 Å². The Balaban J connectivity index is 1.78. The van der Waals surface area contributed by atoms with Gasteiger partial charge in [0.15, 0.2) is 26.8 Å². The summed E-state index contributed by atoms with van der Waals surface area (Å²) in [5.74, 6) is -0.497. The largest absolute Gasteiger partial charge is 0.476 e. The first-order valence-electron chi connectivity index (χ1n) is 13.8. The molecule has 4 N–H and O–H groups in total. The first-order valence-corrected chi connectivity index (χ1v) is 17.1. The van der Waals surface area contributed by atoms with Crippen molar-refractivity contribution in [3.8, 4) is 5.88 Å². The lowest BCUT2D eigenvalue weighted by molar-refractivity contribution is -0.149. The molecule has 1 aliphatic heterocycles. The van der Waals surface area contributed by atoms with Crippen molar-refractivity contribution in [2.45, 2.75) is 83.4 Å². The van der Waals surface area contributed by atoms with E-state index in [1.54, 1.807) is 41.5 Å². The molecule has 15 nitrogen and oxygen atoms in total. The normalized spacial score (nSPS) is 22.2. The number of esters is 1. The number of nitrogens with zero attached hydrogens (tertiary/aromatic N) is 4. The molecule has 1 aliphatic rings. The lowest BCUT2D eigenvalue weighted by Gasteiger charge is -2.25. The van der Waals surface area contributed by atoms with Crippen molar-refractivity contribution in [3.05, 3.63) is 6.33 Å². The molecule has 0 radical (unpaired) electrons. The van der Waals surface area contributed by atoms with Crippen molar-refractivity contribution in [1.29, 1.82) is 0 Å². The fourth-order valence-electron chi connectivity index (χ4n) is 3.84. The number of aromatic nitrogens is 4. The number of nitrogens with two attached hydrogens (primary N) is 1. The second kappa shape index (κ2) is 14.8. The molecule has 2 aromatic rings. The van der Waals surface area contributed by atoms with Crippen LogP contribution in [0.2, 0.25) is 0 Å². The Kier molecular flexibility index (Phi) is 12.3. The van der Waals surface area contributed by atoms with E-state index in [4.69, 9.17) is 52.2 Å². The molecule has 3 heterocycles. The maximum atomic E-state index is 13.8. The third-order valence-electron chi connectivity index (χ3n) is 5.98. The van der Waals surface area contributed by atoms with Gasteiger partial charge >= 0.3 is 13.7 Å². The number of imidazole rings is 1. The van der Waals surface area contributed by atoms with E-state index in [-0.39, 0.29) is 40.5 Å². The van der Waals surface area contributed by atoms with E-state index in [0.29, 0.717) is 6.61 Å². The number of halogens is 2. The van der Waals surface area contributed by atoms with Gasteiger partial charge in [0, 0.05) is 11.2 Å². The van der Waals surface area contributed by atoms with Gasteiger partial charge in [0.2, 0.25) is 11.8 Å². The Hall–Kier alpha value is -1.75. The molecule has 0 unspecified atom stereocenters. The number of aliphatic hydroxyl groups is 1. The predicted molar refractivity (Wildman–Crippen MR) is 166 cm³/mol. The number of fused-ring (bicyclic) bond motifs is 1. The van der Waals surface area contributed by atoms with E-state index < -0.39 is 60.7 Å². The number of thioether (sulfide) groups is 1. The smallest absolute Gasteiger partial charge is 0.406 e. The van der Waals surface area contributed by atoms with E-state index in [9.17, 15) is 19.3 Å². The summed E-state index contributed by atoms with van der Waals surface area (Å²) in [6.45, 7) is 11.5. The van der Waals surface area contributed by atoms with Crippen LogP contribution < -0.4 is 15.6 Å². The van der Waals surface area contributed by atoms with Crippen LogP contribution in [-0.4, -0.2) is 90.0 Å². The van der Waals surface area contributed by atoms with Gasteiger partial charge in [0.05, 0.1) is 32.3 Å². The van der Waals surface area contributed by atoms with Gasteiger partial charge in [-0.2, -0.15) is 9.97 Å². The summed E-state index contributed by atoms with van der Waals surface area (Å²) in [5, 5.41) is 13.5. The molecule has 19 heteroatoms. The monoisotopic (exact) mass is 700 g/mol. The number of aliphatic hydroxyl groups excluding tert-OH is 1. The highest BCUT2D eigenvalue weighted by Crippen LogP contribution is 2.50. The second-order valence-corrected chi connectivity index (χ2v) is 15.4. The molecular formula is C25H39Cl2N6O9PS. The summed E-state index contributed by atoms with van der Waals surface area (Å²) >= 11 is 14.2. The molecule has 1 saturated heterocycles. The maximum Gasteiger partial charge on any atom is 0.406 e. The molecule has 3 rings (SSSR count). The molecule has 5 atom stereocenters. The third kappa shape index (κ3) is 8.95. The van der Waals surface area contributed by atoms with Crippen molar-refractivity contribution in [3.63, 3.8) is 0 Å². The summed E-state index contributed by atoms with van der Waals surface area (Å²) in [6.07, 6.45) is -3.13. The summed E-state index contributed by atoms with van der Waals surface area (Å²) in [4.78, 5) is 37.2. The van der Waals surface area contributed by atoms with Crippen molar-refractivity contribution in [2.75, 3.05) is 31.3 Å². The Morgan fingerprint density at radius 2 is 1.95 bits per heavy atom. The molecule has 0 bridgehead atoms. The highest BCUT2D eigenvalue weighted by atomic mass is 35.5. The Morgan fingerprint density at radius 1 is 1.27 bits per heavy atom. The lowest BCUT2D eigenvalue weighted by Crippen LogP contribution is -2.39. The Labute approximate surface area is 269 Å². The third-order valence-corrected chi connectivity index (χ3v) is 9.76. The summed E-state index contributed by atoms with van der Waals surface area (Å²) in [7, 11) is -4.26. The molecular weight excluding hydrogens is 662 g/mol. The van der Waals surface area contributed by atoms with Crippen LogP contribution >= 0.6 is 42.7 Å². The number of hydrogen-bond donors (Lipinski definition) is 3. The van der Waals surface area contributed by atoms with Crippen molar-refractivity contribution >= 4 is 70.9 Å². The maximum absolute atomic E-state index is 13.8. The summed E-state index contributed by atoms with van der Waals surface area (Å²) < 4.78 is 41.0. The van der Waals surface area contributed by atoms with E-state index >= 15 is 0 Å². The van der Waals surface area contributed by atoms with Crippen molar-refractivity contribution in [2.24, 2.45) is 5.41 Å². The number of nitrogen functional groups attached to an aromatic ring is 1. The number of nitrogens with one attached hydrogen (secondary N) is 1. The number of carbonyl (C=O) groups excluding carboxylic acids is 2. The minimum Gasteiger partial charge on any atom is -0.476 e. The summed E-state index contributed by atoms with van der Waals surface area (Å²) in [6, 6.07) is -1.10. The minimum absolute atomic E-state index is 0.0831. The van der Waals surface area contributed by atoms with E-state index in [0.717, 1.165) is 11.8 Å². The van der Waals surface area contributed by atoms with Gasteiger partial charge in [-0.15, -0.1) is 0 Å². The number of hydrogen-bond acceptors (Lipinski definition) is 14. The average Bonchev–Trinajstić information content (AvgIpc) is 3.42.